The number of nitrogens with zero attached hydrogens (tertiary/aromatic N) is 2. The van der Waals surface area contributed by atoms with Crippen molar-refractivity contribution >= 4 is 17.7 Å². The molecule has 3 amide bonds. The fraction of sp³-hybridized carbons (Fsp3) is 0.464. The highest BCUT2D eigenvalue weighted by Gasteiger charge is 2.39. The van der Waals surface area contributed by atoms with E-state index in [4.69, 9.17) is 23.7 Å². The van der Waals surface area contributed by atoms with Crippen molar-refractivity contribution < 1.29 is 38.1 Å². The largest absolute Gasteiger partial charge is 0.493 e. The molecule has 0 radical (unpaired) electrons. The molecule has 2 aromatic rings. The number of nitrogens with one attached hydrogen (secondary N) is 2. The minimum absolute atomic E-state index is 0.0346. The van der Waals surface area contributed by atoms with Gasteiger partial charge in [-0.15, -0.1) is 0 Å². The number of hydrogen-bond acceptors (Lipinski definition) is 9. The van der Waals surface area contributed by atoms with Gasteiger partial charge < -0.3 is 39.2 Å². The van der Waals surface area contributed by atoms with Crippen molar-refractivity contribution in [3.8, 4) is 23.0 Å². The Hall–Kier alpha value is -4.03. The van der Waals surface area contributed by atoms with Gasteiger partial charge in [-0.2, -0.15) is 0 Å². The summed E-state index contributed by atoms with van der Waals surface area (Å²) in [5.41, 5.74) is 1.12. The van der Waals surface area contributed by atoms with E-state index in [0.29, 0.717) is 55.7 Å². The second-order valence-corrected chi connectivity index (χ2v) is 9.84. The number of methoxy groups -OCH3 is 2. The number of ether oxygens (including phenoxy) is 5. The van der Waals surface area contributed by atoms with Crippen molar-refractivity contribution in [3.63, 3.8) is 0 Å². The Balaban J connectivity index is 1.42. The summed E-state index contributed by atoms with van der Waals surface area (Å²) < 4.78 is 28.4. The van der Waals surface area contributed by atoms with Gasteiger partial charge in [-0.25, -0.2) is 0 Å². The lowest BCUT2D eigenvalue weighted by molar-refractivity contribution is -0.132. The van der Waals surface area contributed by atoms with Gasteiger partial charge in [-0.05, 0) is 35.9 Å². The maximum Gasteiger partial charge on any atom is 0.258 e. The Morgan fingerprint density at radius 3 is 2.58 bits per heavy atom. The molecule has 4 bridgehead atoms. The molecule has 2 saturated heterocycles. The first-order valence-electron chi connectivity index (χ1n) is 13.2. The highest BCUT2D eigenvalue weighted by Crippen LogP contribution is 2.32. The average Bonchev–Trinajstić information content (AvgIpc) is 3.37. The van der Waals surface area contributed by atoms with Gasteiger partial charge in [0.15, 0.2) is 29.6 Å². The molecule has 0 aromatic heterocycles. The van der Waals surface area contributed by atoms with Crippen LogP contribution in [0.4, 0.5) is 0 Å². The second kappa shape index (κ2) is 12.4. The molecule has 214 valence electrons. The number of likely N-dealkylation sites (tertiary alicyclic amines) is 1. The molecular weight excluding hydrogens is 520 g/mol. The zero-order chi connectivity index (χ0) is 28.1. The average molecular weight is 555 g/mol. The normalized spacial score (nSPS) is 21.8. The molecule has 0 spiro atoms. The monoisotopic (exact) mass is 554 g/mol. The molecule has 2 N–H and O–H groups in total. The molecule has 6 rings (SSSR count). The van der Waals surface area contributed by atoms with Gasteiger partial charge in [-0.3, -0.25) is 19.3 Å². The third-order valence-corrected chi connectivity index (χ3v) is 7.18. The van der Waals surface area contributed by atoms with Crippen molar-refractivity contribution in [2.24, 2.45) is 0 Å². The van der Waals surface area contributed by atoms with Crippen molar-refractivity contribution in [2.45, 2.75) is 18.7 Å². The highest BCUT2D eigenvalue weighted by atomic mass is 16.5. The summed E-state index contributed by atoms with van der Waals surface area (Å²) in [6.07, 6.45) is -0.526. The molecule has 0 aliphatic carbocycles. The van der Waals surface area contributed by atoms with Crippen LogP contribution in [0.3, 0.4) is 0 Å². The summed E-state index contributed by atoms with van der Waals surface area (Å²) in [4.78, 5) is 42.8. The van der Waals surface area contributed by atoms with Crippen molar-refractivity contribution in [2.75, 3.05) is 66.8 Å². The molecule has 4 aliphatic heterocycles. The number of morpholine rings is 1. The lowest BCUT2D eigenvalue weighted by Gasteiger charge is -2.28. The maximum atomic E-state index is 13.4. The second-order valence-electron chi connectivity index (χ2n) is 9.84. The summed E-state index contributed by atoms with van der Waals surface area (Å²) in [6.45, 7) is 3.47. The molecular formula is C28H34N4O8. The highest BCUT2D eigenvalue weighted by molar-refractivity contribution is 5.95. The summed E-state index contributed by atoms with van der Waals surface area (Å²) in [5.74, 6) is 0.871. The topological polar surface area (TPSA) is 128 Å². The van der Waals surface area contributed by atoms with Crippen LogP contribution in [0.25, 0.3) is 0 Å². The number of carbonyl (C=O) groups excluding carboxylic acids is 3. The van der Waals surface area contributed by atoms with E-state index in [0.717, 1.165) is 5.56 Å². The summed E-state index contributed by atoms with van der Waals surface area (Å²) in [6, 6.07) is 9.64. The first-order chi connectivity index (χ1) is 19.4. The van der Waals surface area contributed by atoms with Gasteiger partial charge in [0, 0.05) is 31.7 Å². The van der Waals surface area contributed by atoms with Gasteiger partial charge in [0.05, 0.1) is 46.6 Å². The molecule has 2 aromatic carbocycles. The van der Waals surface area contributed by atoms with Crippen LogP contribution < -0.4 is 29.6 Å². The Morgan fingerprint density at radius 1 is 1.00 bits per heavy atom. The van der Waals surface area contributed by atoms with Crippen LogP contribution >= 0.6 is 0 Å². The Labute approximate surface area is 232 Å². The predicted molar refractivity (Wildman–Crippen MR) is 143 cm³/mol. The van der Waals surface area contributed by atoms with Crippen LogP contribution in [-0.2, 0) is 20.9 Å². The first kappa shape index (κ1) is 27.5. The van der Waals surface area contributed by atoms with E-state index in [2.05, 4.69) is 15.5 Å². The minimum Gasteiger partial charge on any atom is -0.493 e. The quantitative estimate of drug-likeness (QED) is 0.553. The summed E-state index contributed by atoms with van der Waals surface area (Å²) >= 11 is 0. The smallest absolute Gasteiger partial charge is 0.258 e. The third kappa shape index (κ3) is 6.40. The Kier molecular flexibility index (Phi) is 8.56. The summed E-state index contributed by atoms with van der Waals surface area (Å²) in [5, 5.41) is 5.85. The molecule has 12 nitrogen and oxygen atoms in total. The van der Waals surface area contributed by atoms with Crippen LogP contribution in [0.15, 0.2) is 36.4 Å². The zero-order valence-corrected chi connectivity index (χ0v) is 22.6. The van der Waals surface area contributed by atoms with E-state index < -0.39 is 12.1 Å². The van der Waals surface area contributed by atoms with Gasteiger partial charge in [0.1, 0.15) is 6.10 Å². The van der Waals surface area contributed by atoms with E-state index in [-0.39, 0.29) is 49.7 Å². The Morgan fingerprint density at radius 2 is 1.80 bits per heavy atom. The number of hydrogen-bond donors (Lipinski definition) is 2. The molecule has 40 heavy (non-hydrogen) atoms. The lowest BCUT2D eigenvalue weighted by Crippen LogP contribution is -2.46. The van der Waals surface area contributed by atoms with E-state index in [1.807, 2.05) is 6.07 Å². The number of fused-ring (bicyclic) bond motifs is 7. The minimum atomic E-state index is -0.526. The SMILES string of the molecule is COc1ccc2cc1OCC(=O)NCc1ccc(c(OC)c1)O[C@H]1CN(C(=O)CN3CCOCC3)C[C@@H]1NC2=O. The van der Waals surface area contributed by atoms with Gasteiger partial charge in [0.25, 0.3) is 11.8 Å². The standard InChI is InChI=1S/C28H34N4O8/c1-36-21-6-4-19-12-24(21)39-17-26(33)29-13-18-3-5-22(23(11-18)37-2)40-25-15-32(14-20(25)30-28(19)35)27(34)16-31-7-9-38-10-8-31/h3-6,11-12,20,25H,7-10,13-17H2,1-2H3,(H,29,33)(H,30,35)/t20-,25-/m0/s1. The van der Waals surface area contributed by atoms with Crippen LogP contribution in [0.5, 0.6) is 23.0 Å². The van der Waals surface area contributed by atoms with Crippen molar-refractivity contribution in [1.82, 2.24) is 20.4 Å². The van der Waals surface area contributed by atoms with E-state index in [1.165, 1.54) is 20.3 Å². The zero-order valence-electron chi connectivity index (χ0n) is 22.6. The molecule has 12 heteroatoms. The Bertz CT molecular complexity index is 1250. The van der Waals surface area contributed by atoms with Gasteiger partial charge in [-0.1, -0.05) is 6.07 Å². The van der Waals surface area contributed by atoms with E-state index >= 15 is 0 Å². The first-order valence-corrected chi connectivity index (χ1v) is 13.2. The number of rotatable bonds is 4. The molecule has 2 fully saturated rings. The molecule has 2 atom stereocenters. The molecule has 4 heterocycles. The lowest BCUT2D eigenvalue weighted by atomic mass is 10.1. The van der Waals surface area contributed by atoms with Crippen LogP contribution in [-0.4, -0.2) is 106 Å². The third-order valence-electron chi connectivity index (χ3n) is 7.18. The van der Waals surface area contributed by atoms with Crippen LogP contribution in [0.2, 0.25) is 0 Å². The van der Waals surface area contributed by atoms with Crippen LogP contribution in [0, 0.1) is 0 Å². The van der Waals surface area contributed by atoms with Gasteiger partial charge >= 0.3 is 0 Å². The van der Waals surface area contributed by atoms with Crippen LogP contribution in [0.1, 0.15) is 15.9 Å². The molecule has 0 saturated carbocycles. The van der Waals surface area contributed by atoms with E-state index in [1.54, 1.807) is 29.2 Å². The number of amides is 3. The predicted octanol–water partition coefficient (Wildman–Crippen LogP) is 0.433. The van der Waals surface area contributed by atoms with Gasteiger partial charge in [0.2, 0.25) is 5.91 Å². The van der Waals surface area contributed by atoms with Crippen molar-refractivity contribution in [3.05, 3.63) is 47.5 Å². The van der Waals surface area contributed by atoms with Crippen molar-refractivity contribution in [1.29, 1.82) is 0 Å². The molecule has 4 aliphatic rings. The molecule has 0 unspecified atom stereocenters. The number of carbonyl (C=O) groups is 3. The van der Waals surface area contributed by atoms with E-state index in [9.17, 15) is 14.4 Å². The fourth-order valence-electron chi connectivity index (χ4n) is 4.95. The fourth-order valence-corrected chi connectivity index (χ4v) is 4.95. The number of benzene rings is 2. The maximum absolute atomic E-state index is 13.4. The summed E-state index contributed by atoms with van der Waals surface area (Å²) in [7, 11) is 3.02.